The molecule has 2 aromatic carbocycles. The average Bonchev–Trinajstić information content (AvgIpc) is 3.31. The number of rotatable bonds is 7. The summed E-state index contributed by atoms with van der Waals surface area (Å²) in [5.41, 5.74) is 2.62. The maximum absolute atomic E-state index is 12.8. The van der Waals surface area contributed by atoms with Crippen LogP contribution in [0, 0.1) is 0 Å². The van der Waals surface area contributed by atoms with E-state index in [1.807, 2.05) is 30.3 Å². The van der Waals surface area contributed by atoms with Gasteiger partial charge in [-0.3, -0.25) is 4.79 Å². The number of fused-ring (bicyclic) bond motifs is 1. The SMILES string of the molecule is COc1ccc(Cc2nnc(SC3Cc4cc(OC)c(OC)cc4C3=O)o2)cc1. The fourth-order valence-electron chi connectivity index (χ4n) is 3.28. The number of benzene rings is 2. The minimum absolute atomic E-state index is 0.0286. The molecule has 1 heterocycles. The summed E-state index contributed by atoms with van der Waals surface area (Å²) in [5, 5.41) is 8.28. The zero-order valence-corrected chi connectivity index (χ0v) is 17.1. The Labute approximate surface area is 172 Å². The largest absolute Gasteiger partial charge is 0.497 e. The minimum Gasteiger partial charge on any atom is -0.497 e. The van der Waals surface area contributed by atoms with Gasteiger partial charge in [-0.05, 0) is 41.8 Å². The number of Topliss-reactive ketones (excluding diaryl/α,β-unsaturated/α-hetero) is 1. The number of carbonyl (C=O) groups is 1. The van der Waals surface area contributed by atoms with E-state index in [0.29, 0.717) is 41.0 Å². The monoisotopic (exact) mass is 412 g/mol. The van der Waals surface area contributed by atoms with Gasteiger partial charge in [0.15, 0.2) is 17.3 Å². The van der Waals surface area contributed by atoms with Crippen LogP contribution in [0.3, 0.4) is 0 Å². The van der Waals surface area contributed by atoms with Gasteiger partial charge in [0.1, 0.15) is 5.75 Å². The zero-order valence-electron chi connectivity index (χ0n) is 16.3. The molecule has 7 nitrogen and oxygen atoms in total. The average molecular weight is 412 g/mol. The minimum atomic E-state index is -0.309. The number of aromatic nitrogens is 2. The van der Waals surface area contributed by atoms with Gasteiger partial charge in [-0.15, -0.1) is 10.2 Å². The molecule has 0 N–H and O–H groups in total. The van der Waals surface area contributed by atoms with Crippen LogP contribution in [0.15, 0.2) is 46.0 Å². The fraction of sp³-hybridized carbons (Fsp3) is 0.286. The summed E-state index contributed by atoms with van der Waals surface area (Å²) in [6, 6.07) is 11.3. The molecule has 1 unspecified atom stereocenters. The van der Waals surface area contributed by atoms with E-state index >= 15 is 0 Å². The number of hydrogen-bond donors (Lipinski definition) is 0. The fourth-order valence-corrected chi connectivity index (χ4v) is 4.25. The molecule has 1 atom stereocenters. The quantitative estimate of drug-likeness (QED) is 0.582. The second-order valence-electron chi connectivity index (χ2n) is 6.53. The van der Waals surface area contributed by atoms with E-state index in [0.717, 1.165) is 16.9 Å². The number of thioether (sulfide) groups is 1. The van der Waals surface area contributed by atoms with E-state index in [2.05, 4.69) is 10.2 Å². The summed E-state index contributed by atoms with van der Waals surface area (Å²) in [5.74, 6) is 2.49. The first-order valence-corrected chi connectivity index (χ1v) is 9.90. The maximum atomic E-state index is 12.8. The summed E-state index contributed by atoms with van der Waals surface area (Å²) in [7, 11) is 4.76. The van der Waals surface area contributed by atoms with E-state index in [-0.39, 0.29) is 11.0 Å². The summed E-state index contributed by atoms with van der Waals surface area (Å²) in [4.78, 5) is 12.8. The lowest BCUT2D eigenvalue weighted by molar-refractivity contribution is 0.0999. The molecule has 8 heteroatoms. The third-order valence-corrected chi connectivity index (χ3v) is 5.81. The maximum Gasteiger partial charge on any atom is 0.277 e. The van der Waals surface area contributed by atoms with Crippen LogP contribution in [0.5, 0.6) is 17.2 Å². The number of carbonyl (C=O) groups excluding carboxylic acids is 1. The highest BCUT2D eigenvalue weighted by Crippen LogP contribution is 2.39. The predicted octanol–water partition coefficient (Wildman–Crippen LogP) is 3.59. The Bertz CT molecular complexity index is 1030. The van der Waals surface area contributed by atoms with E-state index in [9.17, 15) is 4.79 Å². The molecule has 0 amide bonds. The first-order chi connectivity index (χ1) is 14.1. The van der Waals surface area contributed by atoms with Gasteiger partial charge in [-0.1, -0.05) is 23.9 Å². The molecule has 0 bridgehead atoms. The van der Waals surface area contributed by atoms with Gasteiger partial charge in [0.2, 0.25) is 5.89 Å². The van der Waals surface area contributed by atoms with Crippen LogP contribution < -0.4 is 14.2 Å². The Morgan fingerprint density at radius 3 is 2.45 bits per heavy atom. The second-order valence-corrected chi connectivity index (χ2v) is 7.68. The van der Waals surface area contributed by atoms with Gasteiger partial charge < -0.3 is 18.6 Å². The second kappa shape index (κ2) is 8.16. The van der Waals surface area contributed by atoms with E-state index in [4.69, 9.17) is 18.6 Å². The van der Waals surface area contributed by atoms with Crippen molar-refractivity contribution in [2.24, 2.45) is 0 Å². The number of ketones is 1. The van der Waals surface area contributed by atoms with E-state index in [1.165, 1.54) is 11.8 Å². The summed E-state index contributed by atoms with van der Waals surface area (Å²) < 4.78 is 21.6. The van der Waals surface area contributed by atoms with Gasteiger partial charge in [0.25, 0.3) is 5.22 Å². The first kappa shape index (κ1) is 19.3. The number of hydrogen-bond acceptors (Lipinski definition) is 8. The summed E-state index contributed by atoms with van der Waals surface area (Å²) >= 11 is 1.29. The molecule has 0 saturated carbocycles. The Morgan fingerprint density at radius 1 is 1.03 bits per heavy atom. The van der Waals surface area contributed by atoms with Crippen molar-refractivity contribution in [1.29, 1.82) is 0 Å². The van der Waals surface area contributed by atoms with Crippen molar-refractivity contribution < 1.29 is 23.4 Å². The van der Waals surface area contributed by atoms with Crippen LogP contribution in [0.25, 0.3) is 0 Å². The molecule has 29 heavy (non-hydrogen) atoms. The van der Waals surface area contributed by atoms with Crippen molar-refractivity contribution in [1.82, 2.24) is 10.2 Å². The predicted molar refractivity (Wildman–Crippen MR) is 107 cm³/mol. The van der Waals surface area contributed by atoms with Crippen LogP contribution in [0.4, 0.5) is 0 Å². The lowest BCUT2D eigenvalue weighted by atomic mass is 10.1. The molecule has 3 aromatic rings. The standard InChI is InChI=1S/C21H20N2O5S/c1-25-14-6-4-12(5-7-14)8-19-22-23-21(28-19)29-18-10-13-9-16(26-2)17(27-3)11-15(13)20(18)24/h4-7,9,11,18H,8,10H2,1-3H3. The van der Waals surface area contributed by atoms with Crippen LogP contribution in [0.1, 0.15) is 27.4 Å². The molecule has 0 fully saturated rings. The first-order valence-electron chi connectivity index (χ1n) is 9.02. The molecule has 0 aliphatic heterocycles. The Kier molecular flexibility index (Phi) is 5.44. The smallest absolute Gasteiger partial charge is 0.277 e. The topological polar surface area (TPSA) is 83.7 Å². The zero-order chi connectivity index (χ0) is 20.4. The number of nitrogens with zero attached hydrogens (tertiary/aromatic N) is 2. The van der Waals surface area contributed by atoms with Crippen molar-refractivity contribution in [3.8, 4) is 17.2 Å². The normalized spacial score (nSPS) is 15.3. The van der Waals surface area contributed by atoms with Gasteiger partial charge >= 0.3 is 0 Å². The Balaban J connectivity index is 1.45. The van der Waals surface area contributed by atoms with Gasteiger partial charge in [-0.25, -0.2) is 0 Å². The molecule has 4 rings (SSSR count). The van der Waals surface area contributed by atoms with Gasteiger partial charge in [0, 0.05) is 5.56 Å². The third-order valence-electron chi connectivity index (χ3n) is 4.78. The van der Waals surface area contributed by atoms with E-state index < -0.39 is 0 Å². The van der Waals surface area contributed by atoms with Crippen LogP contribution in [-0.2, 0) is 12.8 Å². The molecular weight excluding hydrogens is 392 g/mol. The Hall–Kier alpha value is -3.00. The molecule has 0 saturated heterocycles. The van der Waals surface area contributed by atoms with E-state index in [1.54, 1.807) is 27.4 Å². The van der Waals surface area contributed by atoms with Gasteiger partial charge in [0.05, 0.1) is 33.0 Å². The lowest BCUT2D eigenvalue weighted by Crippen LogP contribution is -2.11. The van der Waals surface area contributed by atoms with Crippen molar-refractivity contribution in [3.63, 3.8) is 0 Å². The van der Waals surface area contributed by atoms with Crippen LogP contribution in [-0.4, -0.2) is 42.6 Å². The highest BCUT2D eigenvalue weighted by Gasteiger charge is 2.34. The van der Waals surface area contributed by atoms with Crippen molar-refractivity contribution in [2.45, 2.75) is 23.3 Å². The lowest BCUT2D eigenvalue weighted by Gasteiger charge is -2.09. The molecule has 1 aliphatic rings. The van der Waals surface area contributed by atoms with Crippen molar-refractivity contribution >= 4 is 17.5 Å². The molecule has 0 spiro atoms. The van der Waals surface area contributed by atoms with Crippen molar-refractivity contribution in [3.05, 3.63) is 59.0 Å². The molecular formula is C21H20N2O5S. The van der Waals surface area contributed by atoms with Crippen LogP contribution >= 0.6 is 11.8 Å². The molecule has 0 radical (unpaired) electrons. The van der Waals surface area contributed by atoms with Crippen LogP contribution in [0.2, 0.25) is 0 Å². The highest BCUT2D eigenvalue weighted by atomic mass is 32.2. The molecule has 1 aliphatic carbocycles. The highest BCUT2D eigenvalue weighted by molar-refractivity contribution is 8.00. The molecule has 150 valence electrons. The summed E-state index contributed by atoms with van der Waals surface area (Å²) in [6.45, 7) is 0. The molecule has 1 aromatic heterocycles. The summed E-state index contributed by atoms with van der Waals surface area (Å²) in [6.07, 6.45) is 1.10. The van der Waals surface area contributed by atoms with Gasteiger partial charge in [-0.2, -0.15) is 0 Å². The van der Waals surface area contributed by atoms with Crippen molar-refractivity contribution in [2.75, 3.05) is 21.3 Å². The number of ether oxygens (including phenoxy) is 3. The third kappa shape index (κ3) is 3.93. The Morgan fingerprint density at radius 2 is 1.76 bits per heavy atom. The number of methoxy groups -OCH3 is 3.